The minimum Gasteiger partial charge on any atom is -0.343 e. The highest BCUT2D eigenvalue weighted by Gasteiger charge is 2.51. The van der Waals surface area contributed by atoms with E-state index in [1.54, 1.807) is 11.8 Å². The number of hydrogen-bond donors (Lipinski definition) is 3. The van der Waals surface area contributed by atoms with E-state index >= 15 is 28.8 Å². The molecule has 30 heteroatoms. The van der Waals surface area contributed by atoms with Crippen LogP contribution in [0.15, 0.2) is 18.2 Å². The van der Waals surface area contributed by atoms with Crippen molar-refractivity contribution in [1.82, 2.24) is 60.0 Å². The van der Waals surface area contributed by atoms with E-state index in [9.17, 15) is 50.7 Å². The maximum atomic E-state index is 15.9. The number of carbonyl (C=O) groups is 12. The third-order valence-electron chi connectivity index (χ3n) is 22.8. The van der Waals surface area contributed by atoms with Crippen LogP contribution in [0.25, 0.3) is 0 Å². The van der Waals surface area contributed by atoms with Gasteiger partial charge in [-0.1, -0.05) is 122 Å². The standard InChI is InChI=1S/C76H118ClF5N12O12/c1-13-49(4)65-72(104)88(7)46-63(97)86(5)47-64(98)90(9)58(43-50-27-17-14-18-28-50)70(102)87(6)45-61(95)83-55(36-34-51-33-35-53(54(77)42-51)76(80,81)82)69(101)91(10)56(31-21-22-32-60(78)79)68(100)85-75(37-23-24-38-75)74(106)93(12)66(52-29-19-15-20-30-52)73(105)92(11)59(71(103)94-39-25-16-26-40-94)44-62(96)89(8)57(41-48(2)3)67(99)84-65/h33,35,42,48-50,52,55-60,65-66H,13-32,34,36-41,43-47H2,1-12H3,(H,83,95)(H,84,99)(H,85,100)/t49-,55-,56-,57-,58-,59-,65-,66-/m0/s1. The number of amides is 12. The van der Waals surface area contributed by atoms with Gasteiger partial charge in [0, 0.05) is 75.9 Å². The minimum atomic E-state index is -4.81. The van der Waals surface area contributed by atoms with Gasteiger partial charge in [0.25, 0.3) is 0 Å². The van der Waals surface area contributed by atoms with Crippen molar-refractivity contribution in [2.24, 2.45) is 23.7 Å². The van der Waals surface area contributed by atoms with Crippen molar-refractivity contribution in [1.29, 1.82) is 0 Å². The lowest BCUT2D eigenvalue weighted by atomic mass is 9.81. The molecule has 3 saturated carbocycles. The van der Waals surface area contributed by atoms with E-state index in [2.05, 4.69) is 16.0 Å². The number of halogens is 6. The Labute approximate surface area is 628 Å². The first-order chi connectivity index (χ1) is 49.9. The van der Waals surface area contributed by atoms with Crippen LogP contribution in [0.4, 0.5) is 22.0 Å². The summed E-state index contributed by atoms with van der Waals surface area (Å²) in [7, 11) is 11.0. The van der Waals surface area contributed by atoms with E-state index < -0.39 is 186 Å². The van der Waals surface area contributed by atoms with Crippen LogP contribution in [0.5, 0.6) is 0 Å². The molecule has 5 fully saturated rings. The molecule has 0 aromatic heterocycles. The van der Waals surface area contributed by atoms with Gasteiger partial charge in [0.1, 0.15) is 47.8 Å². The van der Waals surface area contributed by atoms with Crippen LogP contribution in [0.2, 0.25) is 5.02 Å². The van der Waals surface area contributed by atoms with Crippen LogP contribution >= 0.6 is 11.6 Å². The molecule has 2 aliphatic heterocycles. The number of nitrogens with zero attached hydrogens (tertiary/aromatic N) is 9. The number of likely N-dealkylation sites (N-methyl/N-ethyl adjacent to an activating group) is 8. The molecule has 0 unspecified atom stereocenters. The fraction of sp³-hybridized carbons (Fsp3) is 0.763. The predicted molar refractivity (Wildman–Crippen MR) is 390 cm³/mol. The second kappa shape index (κ2) is 40.3. The number of hydrogen-bond acceptors (Lipinski definition) is 12. The lowest BCUT2D eigenvalue weighted by Gasteiger charge is -2.43. The number of unbranched alkanes of at least 4 members (excludes halogenated alkanes) is 1. The Morgan fingerprint density at radius 1 is 0.604 bits per heavy atom. The molecule has 24 nitrogen and oxygen atoms in total. The molecule has 6 rings (SSSR count). The lowest BCUT2D eigenvalue weighted by Crippen LogP contribution is -2.65. The summed E-state index contributed by atoms with van der Waals surface area (Å²) in [6, 6.07) is -6.46. The van der Waals surface area contributed by atoms with Gasteiger partial charge in [0.2, 0.25) is 77.3 Å². The van der Waals surface area contributed by atoms with Gasteiger partial charge in [-0.05, 0) is 125 Å². The molecule has 1 aromatic rings. The average molecular weight is 1520 g/mol. The van der Waals surface area contributed by atoms with Crippen molar-refractivity contribution in [2.75, 3.05) is 89.1 Å². The fourth-order valence-electron chi connectivity index (χ4n) is 15.9. The Hall–Kier alpha value is -7.20. The number of nitrogens with one attached hydrogen (secondary N) is 3. The molecule has 3 aliphatic carbocycles. The third kappa shape index (κ3) is 23.7. The second-order valence-electron chi connectivity index (χ2n) is 31.1. The zero-order valence-electron chi connectivity index (χ0n) is 64.5. The molecule has 0 radical (unpaired) electrons. The number of carbonyl (C=O) groups excluding carboxylic acids is 12. The normalized spacial score (nSPS) is 25.6. The maximum absolute atomic E-state index is 15.9. The molecule has 1 aromatic carbocycles. The molecule has 0 bridgehead atoms. The zero-order valence-corrected chi connectivity index (χ0v) is 65.2. The zero-order chi connectivity index (χ0) is 78.7. The van der Waals surface area contributed by atoms with Crippen LogP contribution in [-0.2, 0) is 70.1 Å². The summed E-state index contributed by atoms with van der Waals surface area (Å²) >= 11 is 6.17. The van der Waals surface area contributed by atoms with Crippen molar-refractivity contribution in [3.05, 3.63) is 34.3 Å². The largest absolute Gasteiger partial charge is 0.417 e. The summed E-state index contributed by atoms with van der Waals surface area (Å²) < 4.78 is 69.5. The number of benzene rings is 1. The van der Waals surface area contributed by atoms with Crippen molar-refractivity contribution < 1.29 is 79.5 Å². The van der Waals surface area contributed by atoms with Gasteiger partial charge < -0.3 is 60.0 Å². The molecule has 106 heavy (non-hydrogen) atoms. The van der Waals surface area contributed by atoms with E-state index in [0.717, 1.165) is 82.7 Å². The van der Waals surface area contributed by atoms with Crippen LogP contribution < -0.4 is 16.0 Å². The summed E-state index contributed by atoms with van der Waals surface area (Å²) in [6.45, 7) is 6.13. The van der Waals surface area contributed by atoms with Crippen LogP contribution in [0.1, 0.15) is 206 Å². The molecule has 12 amide bonds. The summed E-state index contributed by atoms with van der Waals surface area (Å²) in [4.78, 5) is 192. The molecule has 1 spiro atoms. The van der Waals surface area contributed by atoms with E-state index in [4.69, 9.17) is 11.6 Å². The van der Waals surface area contributed by atoms with Crippen molar-refractivity contribution in [3.8, 4) is 0 Å². The van der Waals surface area contributed by atoms with Gasteiger partial charge in [-0.15, -0.1) is 0 Å². The van der Waals surface area contributed by atoms with Gasteiger partial charge in [0.05, 0.1) is 36.6 Å². The quantitative estimate of drug-likeness (QED) is 0.105. The number of piperidine rings is 1. The van der Waals surface area contributed by atoms with Crippen molar-refractivity contribution in [2.45, 2.75) is 261 Å². The Kier molecular flexibility index (Phi) is 33.3. The SMILES string of the molecule is CC[C@H](C)[C@@H]1NC(=O)[C@H](CC(C)C)N(C)C(=O)C[C@@H](C(=O)N2CCCCC2)N(C)C(=O)[C@H](C2CCCCC2)N(C)C(=O)C2(CCCC2)NC(=O)[C@H](CCCCC(F)F)N(C)C(=O)[C@H](CCc2ccc(C(F)(F)F)c(Cl)c2)NC(=O)CN(C)C(=O)[C@H](CC2CCCCC2)N(C)C(=O)CN(C)C(=O)CN(C)C1=O. The molecule has 3 N–H and O–H groups in total. The monoisotopic (exact) mass is 1520 g/mol. The third-order valence-corrected chi connectivity index (χ3v) is 23.1. The van der Waals surface area contributed by atoms with Gasteiger partial charge in [-0.3, -0.25) is 57.5 Å². The minimum absolute atomic E-state index is 0.0260. The van der Waals surface area contributed by atoms with Crippen molar-refractivity contribution >= 4 is 82.5 Å². The molecule has 596 valence electrons. The van der Waals surface area contributed by atoms with Gasteiger partial charge in [0.15, 0.2) is 0 Å². The van der Waals surface area contributed by atoms with Crippen molar-refractivity contribution in [3.63, 3.8) is 0 Å². The fourth-order valence-corrected chi connectivity index (χ4v) is 16.2. The molecule has 8 atom stereocenters. The maximum Gasteiger partial charge on any atom is 0.417 e. The number of aryl methyl sites for hydroxylation is 1. The number of likely N-dealkylation sites (tertiary alicyclic amines) is 1. The van der Waals surface area contributed by atoms with E-state index in [0.29, 0.717) is 70.9 Å². The molecule has 2 heterocycles. The highest BCUT2D eigenvalue weighted by molar-refractivity contribution is 6.31. The van der Waals surface area contributed by atoms with Gasteiger partial charge in [-0.2, -0.15) is 13.2 Å². The smallest absolute Gasteiger partial charge is 0.343 e. The summed E-state index contributed by atoms with van der Waals surface area (Å²) in [5, 5.41) is 7.96. The molecular weight excluding hydrogens is 1400 g/mol. The Balaban J connectivity index is 1.48. The highest BCUT2D eigenvalue weighted by atomic mass is 35.5. The van der Waals surface area contributed by atoms with Gasteiger partial charge >= 0.3 is 6.18 Å². The van der Waals surface area contributed by atoms with E-state index in [-0.39, 0.29) is 75.2 Å². The topological polar surface area (TPSA) is 270 Å². The first kappa shape index (κ1) is 87.7. The Morgan fingerprint density at radius 2 is 1.19 bits per heavy atom. The Bertz CT molecular complexity index is 3220. The second-order valence-corrected chi connectivity index (χ2v) is 31.5. The number of alkyl halides is 5. The average Bonchev–Trinajstić information content (AvgIpc) is 1.37. The van der Waals surface area contributed by atoms with Gasteiger partial charge in [-0.25, -0.2) is 8.78 Å². The van der Waals surface area contributed by atoms with Crippen LogP contribution in [0.3, 0.4) is 0 Å². The molecule has 5 aliphatic rings. The van der Waals surface area contributed by atoms with Crippen LogP contribution in [-0.4, -0.2) is 258 Å². The van der Waals surface area contributed by atoms with Crippen LogP contribution in [0, 0.1) is 23.7 Å². The first-order valence-electron chi connectivity index (χ1n) is 38.3. The summed E-state index contributed by atoms with van der Waals surface area (Å²) in [5.41, 5.74) is -2.62. The summed E-state index contributed by atoms with van der Waals surface area (Å²) in [5.74, 6) is -9.80. The Morgan fingerprint density at radius 3 is 1.77 bits per heavy atom. The predicted octanol–water partition coefficient (Wildman–Crippen LogP) is 8.08. The molecular formula is C76H118ClF5N12O12. The lowest BCUT2D eigenvalue weighted by molar-refractivity contribution is -0.157. The van der Waals surface area contributed by atoms with E-state index in [1.807, 2.05) is 20.8 Å². The highest BCUT2D eigenvalue weighted by Crippen LogP contribution is 2.38. The van der Waals surface area contributed by atoms with E-state index in [1.165, 1.54) is 76.0 Å². The number of rotatable bonds is 16. The first-order valence-corrected chi connectivity index (χ1v) is 38.7. The summed E-state index contributed by atoms with van der Waals surface area (Å²) in [6.07, 6.45) is 1.59. The molecule has 2 saturated heterocycles.